The van der Waals surface area contributed by atoms with Gasteiger partial charge in [0.1, 0.15) is 0 Å². The molecule has 0 bridgehead atoms. The molecule has 0 aromatic heterocycles. The van der Waals surface area contributed by atoms with Gasteiger partial charge in [-0.3, -0.25) is 0 Å². The second kappa shape index (κ2) is 3.84. The lowest BCUT2D eigenvalue weighted by Gasteiger charge is -2.28. The van der Waals surface area contributed by atoms with Crippen LogP contribution in [0.2, 0.25) is 31.9 Å². The van der Waals surface area contributed by atoms with Gasteiger partial charge in [0.2, 0.25) is 0 Å². The van der Waals surface area contributed by atoms with E-state index in [2.05, 4.69) is 26.2 Å². The van der Waals surface area contributed by atoms with E-state index in [-0.39, 0.29) is 0 Å². The minimum atomic E-state index is -1.40. The summed E-state index contributed by atoms with van der Waals surface area (Å²) in [7, 11) is 0.830. The first-order valence-electron chi connectivity index (χ1n) is 3.93. The Hall–Kier alpha value is 0.354. The largest absolute Gasteiger partial charge is 0.421 e. The molecule has 4 heteroatoms. The molecule has 0 saturated carbocycles. The van der Waals surface area contributed by atoms with Crippen molar-refractivity contribution >= 4 is 16.6 Å². The Kier molecular flexibility index (Phi) is 3.97. The van der Waals surface area contributed by atoms with Crippen LogP contribution in [0.3, 0.4) is 0 Å². The van der Waals surface area contributed by atoms with Crippen LogP contribution in [0.5, 0.6) is 0 Å². The molecule has 11 heavy (non-hydrogen) atoms. The van der Waals surface area contributed by atoms with Crippen LogP contribution in [0, 0.1) is 0 Å². The Morgan fingerprint density at radius 2 is 1.09 bits per heavy atom. The Labute approximate surface area is 72.2 Å². The summed E-state index contributed by atoms with van der Waals surface area (Å²) >= 11 is 0. The maximum absolute atomic E-state index is 5.47. The molecule has 0 fully saturated rings. The Balaban J connectivity index is 4.02. The van der Waals surface area contributed by atoms with E-state index in [1.807, 2.05) is 14.2 Å². The molecule has 0 saturated heterocycles. The summed E-state index contributed by atoms with van der Waals surface area (Å²) in [5, 5.41) is 0. The third kappa shape index (κ3) is 4.73. The smallest absolute Gasteiger partial charge is 0.185 e. The molecule has 68 valence electrons. The molecule has 0 atom stereocenters. The molecule has 0 aliphatic heterocycles. The maximum Gasteiger partial charge on any atom is 0.185 e. The summed E-state index contributed by atoms with van der Waals surface area (Å²) in [6.07, 6.45) is 0. The lowest BCUT2D eigenvalue weighted by molar-refractivity contribution is 0.388. The van der Waals surface area contributed by atoms with Crippen molar-refractivity contribution in [2.75, 3.05) is 14.2 Å². The zero-order chi connectivity index (χ0) is 9.12. The van der Waals surface area contributed by atoms with Gasteiger partial charge in [0.15, 0.2) is 16.6 Å². The van der Waals surface area contributed by atoms with Crippen molar-refractivity contribution in [1.29, 1.82) is 0 Å². The SMILES string of the molecule is CO[Si](C)(C)C[Si](C)(C)OC. The van der Waals surface area contributed by atoms with Crippen LogP contribution >= 0.6 is 0 Å². The lowest BCUT2D eigenvalue weighted by Crippen LogP contribution is -2.42. The second-order valence-corrected chi connectivity index (χ2v) is 13.4. The first kappa shape index (κ1) is 11.4. The summed E-state index contributed by atoms with van der Waals surface area (Å²) in [4.78, 5) is 0. The fraction of sp³-hybridized carbons (Fsp3) is 1.00. The van der Waals surface area contributed by atoms with E-state index in [1.165, 1.54) is 5.67 Å². The molecule has 0 N–H and O–H groups in total. The van der Waals surface area contributed by atoms with Gasteiger partial charge in [0.05, 0.1) is 0 Å². The van der Waals surface area contributed by atoms with Crippen molar-refractivity contribution in [1.82, 2.24) is 0 Å². The zero-order valence-electron chi connectivity index (χ0n) is 8.52. The van der Waals surface area contributed by atoms with E-state index in [4.69, 9.17) is 8.85 Å². The van der Waals surface area contributed by atoms with Gasteiger partial charge in [-0.1, -0.05) is 0 Å². The summed E-state index contributed by atoms with van der Waals surface area (Å²) in [6, 6.07) is 0. The van der Waals surface area contributed by atoms with Gasteiger partial charge < -0.3 is 8.85 Å². The first-order valence-corrected chi connectivity index (χ1v) is 10.2. The zero-order valence-corrected chi connectivity index (χ0v) is 10.5. The molecule has 2 nitrogen and oxygen atoms in total. The standard InChI is InChI=1S/C7H20O2Si2/c1-8-10(3,4)7-11(5,6)9-2/h7H2,1-6H3. The van der Waals surface area contributed by atoms with E-state index < -0.39 is 16.6 Å². The highest BCUT2D eigenvalue weighted by molar-refractivity contribution is 6.89. The molecule has 0 amide bonds. The van der Waals surface area contributed by atoms with E-state index in [0.717, 1.165) is 0 Å². The minimum Gasteiger partial charge on any atom is -0.421 e. The van der Waals surface area contributed by atoms with Crippen LogP contribution in [0.15, 0.2) is 0 Å². The van der Waals surface area contributed by atoms with E-state index in [9.17, 15) is 0 Å². The van der Waals surface area contributed by atoms with Crippen molar-refractivity contribution in [3.05, 3.63) is 0 Å². The normalized spacial score (nSPS) is 13.6. The lowest BCUT2D eigenvalue weighted by atomic mass is 11.7. The van der Waals surface area contributed by atoms with Crippen molar-refractivity contribution in [3.63, 3.8) is 0 Å². The third-order valence-corrected chi connectivity index (χ3v) is 11.0. The van der Waals surface area contributed by atoms with Gasteiger partial charge >= 0.3 is 0 Å². The predicted molar refractivity (Wildman–Crippen MR) is 53.8 cm³/mol. The fourth-order valence-electron chi connectivity index (χ4n) is 1.17. The van der Waals surface area contributed by atoms with Gasteiger partial charge in [-0.15, -0.1) is 0 Å². The molecular formula is C7H20O2Si2. The summed E-state index contributed by atoms with van der Waals surface area (Å²) < 4.78 is 10.9. The van der Waals surface area contributed by atoms with Crippen LogP contribution < -0.4 is 0 Å². The highest BCUT2D eigenvalue weighted by Gasteiger charge is 2.33. The monoisotopic (exact) mass is 192 g/mol. The number of hydrogen-bond acceptors (Lipinski definition) is 2. The third-order valence-electron chi connectivity index (χ3n) is 1.96. The van der Waals surface area contributed by atoms with Crippen molar-refractivity contribution in [2.45, 2.75) is 31.9 Å². The highest BCUT2D eigenvalue weighted by Crippen LogP contribution is 2.19. The van der Waals surface area contributed by atoms with Crippen LogP contribution in [-0.2, 0) is 8.85 Å². The molecule has 0 rings (SSSR count). The fourth-order valence-corrected chi connectivity index (χ4v) is 10.5. The highest BCUT2D eigenvalue weighted by atomic mass is 28.4. The number of rotatable bonds is 4. The molecule has 0 radical (unpaired) electrons. The first-order chi connectivity index (χ1) is 4.83. The molecular weight excluding hydrogens is 172 g/mol. The molecule has 0 heterocycles. The average molecular weight is 192 g/mol. The van der Waals surface area contributed by atoms with Crippen LogP contribution in [-0.4, -0.2) is 30.9 Å². The molecule has 0 aliphatic carbocycles. The predicted octanol–water partition coefficient (Wildman–Crippen LogP) is 2.23. The average Bonchev–Trinajstić information content (AvgIpc) is 1.86. The second-order valence-electron chi connectivity index (χ2n) is 4.10. The maximum atomic E-state index is 5.47. The molecule has 0 aliphatic rings. The Morgan fingerprint density at radius 1 is 0.818 bits per heavy atom. The van der Waals surface area contributed by atoms with Gasteiger partial charge in [0.25, 0.3) is 0 Å². The summed E-state index contributed by atoms with van der Waals surface area (Å²) in [5.41, 5.74) is 1.17. The van der Waals surface area contributed by atoms with E-state index >= 15 is 0 Å². The van der Waals surface area contributed by atoms with Gasteiger partial charge in [-0.2, -0.15) is 0 Å². The Morgan fingerprint density at radius 3 is 1.27 bits per heavy atom. The van der Waals surface area contributed by atoms with Crippen LogP contribution in [0.1, 0.15) is 0 Å². The van der Waals surface area contributed by atoms with E-state index in [0.29, 0.717) is 0 Å². The minimum absolute atomic E-state index is 1.17. The molecule has 0 unspecified atom stereocenters. The van der Waals surface area contributed by atoms with Crippen molar-refractivity contribution in [2.24, 2.45) is 0 Å². The van der Waals surface area contributed by atoms with Gasteiger partial charge in [-0.25, -0.2) is 0 Å². The quantitative estimate of drug-likeness (QED) is 0.636. The number of hydrogen-bond donors (Lipinski definition) is 0. The summed E-state index contributed by atoms with van der Waals surface area (Å²) in [6.45, 7) is 8.95. The topological polar surface area (TPSA) is 18.5 Å². The summed E-state index contributed by atoms with van der Waals surface area (Å²) in [5.74, 6) is 0. The Bertz CT molecular complexity index is 110. The van der Waals surface area contributed by atoms with E-state index in [1.54, 1.807) is 0 Å². The van der Waals surface area contributed by atoms with Crippen molar-refractivity contribution in [3.8, 4) is 0 Å². The van der Waals surface area contributed by atoms with Crippen molar-refractivity contribution < 1.29 is 8.85 Å². The van der Waals surface area contributed by atoms with Crippen LogP contribution in [0.25, 0.3) is 0 Å². The molecule has 0 aromatic carbocycles. The van der Waals surface area contributed by atoms with Gasteiger partial charge in [0, 0.05) is 14.2 Å². The van der Waals surface area contributed by atoms with Gasteiger partial charge in [-0.05, 0) is 31.9 Å². The molecule has 0 aromatic rings. The molecule has 0 spiro atoms. The van der Waals surface area contributed by atoms with Crippen LogP contribution in [0.4, 0.5) is 0 Å².